The third-order valence-electron chi connectivity index (χ3n) is 1.65. The Balaban J connectivity index is 3.67. The summed E-state index contributed by atoms with van der Waals surface area (Å²) in [5, 5.41) is 0. The topological polar surface area (TPSA) is 34.1 Å². The lowest BCUT2D eigenvalue weighted by Gasteiger charge is -2.07. The molecule has 0 spiro atoms. The van der Waals surface area contributed by atoms with Crippen molar-refractivity contribution in [2.75, 3.05) is 0 Å². The second-order valence-corrected chi connectivity index (χ2v) is 2.86. The van der Waals surface area contributed by atoms with Crippen molar-refractivity contribution in [1.29, 1.82) is 0 Å². The Morgan fingerprint density at radius 3 is 2.30 bits per heavy atom. The molecule has 0 rings (SSSR count). The van der Waals surface area contributed by atoms with E-state index in [2.05, 4.69) is 0 Å². The predicted octanol–water partition coefficient (Wildman–Crippen LogP) is 1.44. The molecule has 10 heavy (non-hydrogen) atoms. The van der Waals surface area contributed by atoms with E-state index in [4.69, 9.17) is 0 Å². The lowest BCUT2D eigenvalue weighted by Crippen LogP contribution is -2.11. The molecule has 0 aromatic rings. The monoisotopic (exact) mass is 142 g/mol. The predicted molar refractivity (Wildman–Crippen MR) is 39.7 cm³/mol. The summed E-state index contributed by atoms with van der Waals surface area (Å²) in [7, 11) is 0. The largest absolute Gasteiger partial charge is 0.303 e. The Kier molecular flexibility index (Phi) is 3.93. The van der Waals surface area contributed by atoms with E-state index in [0.717, 1.165) is 6.29 Å². The standard InChI is InChI=1S/C8H14O2/c1-6(5-9)4-7(2)8(3)10/h5-7H,4H2,1-3H3/t6-,7+/m0/s1. The van der Waals surface area contributed by atoms with Gasteiger partial charge in [0.25, 0.3) is 0 Å². The van der Waals surface area contributed by atoms with Gasteiger partial charge in [0.05, 0.1) is 0 Å². The van der Waals surface area contributed by atoms with Crippen LogP contribution in [-0.2, 0) is 9.59 Å². The minimum atomic E-state index is 0.0129. The SMILES string of the molecule is CC(=O)[C@H](C)C[C@H](C)C=O. The van der Waals surface area contributed by atoms with E-state index < -0.39 is 0 Å². The zero-order valence-electron chi connectivity index (χ0n) is 6.76. The van der Waals surface area contributed by atoms with E-state index in [1.54, 1.807) is 6.92 Å². The zero-order chi connectivity index (χ0) is 8.15. The molecule has 0 aromatic carbocycles. The van der Waals surface area contributed by atoms with Crippen LogP contribution in [0.5, 0.6) is 0 Å². The molecule has 0 radical (unpaired) electrons. The zero-order valence-corrected chi connectivity index (χ0v) is 6.76. The minimum Gasteiger partial charge on any atom is -0.303 e. The smallest absolute Gasteiger partial charge is 0.132 e. The van der Waals surface area contributed by atoms with Gasteiger partial charge in [0.1, 0.15) is 12.1 Å². The summed E-state index contributed by atoms with van der Waals surface area (Å²) >= 11 is 0. The van der Waals surface area contributed by atoms with Gasteiger partial charge in [0.15, 0.2) is 0 Å². The number of carbonyl (C=O) groups is 2. The Labute approximate surface area is 61.6 Å². The van der Waals surface area contributed by atoms with Crippen LogP contribution in [0.2, 0.25) is 0 Å². The molecule has 2 heteroatoms. The normalized spacial score (nSPS) is 15.9. The molecular formula is C8H14O2. The third kappa shape index (κ3) is 3.38. The highest BCUT2D eigenvalue weighted by atomic mass is 16.1. The van der Waals surface area contributed by atoms with Crippen LogP contribution in [0.15, 0.2) is 0 Å². The van der Waals surface area contributed by atoms with Crippen molar-refractivity contribution >= 4 is 12.1 Å². The molecular weight excluding hydrogens is 128 g/mol. The van der Waals surface area contributed by atoms with E-state index in [9.17, 15) is 9.59 Å². The van der Waals surface area contributed by atoms with Crippen molar-refractivity contribution in [3.63, 3.8) is 0 Å². The average molecular weight is 142 g/mol. The second-order valence-electron chi connectivity index (χ2n) is 2.86. The van der Waals surface area contributed by atoms with Crippen LogP contribution in [0.1, 0.15) is 27.2 Å². The molecule has 0 heterocycles. The summed E-state index contributed by atoms with van der Waals surface area (Å²) in [6.07, 6.45) is 1.57. The fourth-order valence-corrected chi connectivity index (χ4v) is 0.779. The van der Waals surface area contributed by atoms with Gasteiger partial charge in [0.2, 0.25) is 0 Å². The number of Topliss-reactive ketones (excluding diaryl/α,β-unsaturated/α-hetero) is 1. The van der Waals surface area contributed by atoms with Crippen molar-refractivity contribution in [3.8, 4) is 0 Å². The van der Waals surface area contributed by atoms with Gasteiger partial charge >= 0.3 is 0 Å². The van der Waals surface area contributed by atoms with Gasteiger partial charge in [0, 0.05) is 11.8 Å². The third-order valence-corrected chi connectivity index (χ3v) is 1.65. The first-order valence-corrected chi connectivity index (χ1v) is 3.53. The molecule has 0 amide bonds. The Hall–Kier alpha value is -0.660. The van der Waals surface area contributed by atoms with Gasteiger partial charge in [-0.05, 0) is 13.3 Å². The highest BCUT2D eigenvalue weighted by Gasteiger charge is 2.10. The van der Waals surface area contributed by atoms with Crippen LogP contribution in [0.25, 0.3) is 0 Å². The number of ketones is 1. The first kappa shape index (κ1) is 9.34. The van der Waals surface area contributed by atoms with Crippen LogP contribution in [0.4, 0.5) is 0 Å². The number of hydrogen-bond acceptors (Lipinski definition) is 2. The molecule has 0 N–H and O–H groups in total. The van der Waals surface area contributed by atoms with Gasteiger partial charge in [-0.15, -0.1) is 0 Å². The lowest BCUT2D eigenvalue weighted by atomic mass is 9.96. The van der Waals surface area contributed by atoms with Gasteiger partial charge in [-0.3, -0.25) is 4.79 Å². The van der Waals surface area contributed by atoms with Crippen molar-refractivity contribution in [1.82, 2.24) is 0 Å². The fourth-order valence-electron chi connectivity index (χ4n) is 0.779. The fraction of sp³-hybridized carbons (Fsp3) is 0.750. The Morgan fingerprint density at radius 1 is 1.50 bits per heavy atom. The Bertz CT molecular complexity index is 129. The highest BCUT2D eigenvalue weighted by Crippen LogP contribution is 2.09. The van der Waals surface area contributed by atoms with Gasteiger partial charge < -0.3 is 4.79 Å². The Morgan fingerprint density at radius 2 is 2.00 bits per heavy atom. The van der Waals surface area contributed by atoms with Crippen LogP contribution >= 0.6 is 0 Å². The van der Waals surface area contributed by atoms with E-state index in [1.165, 1.54) is 0 Å². The van der Waals surface area contributed by atoms with Crippen molar-refractivity contribution in [2.24, 2.45) is 11.8 Å². The first-order valence-electron chi connectivity index (χ1n) is 3.53. The molecule has 2 atom stereocenters. The molecule has 0 saturated carbocycles. The molecule has 0 aliphatic heterocycles. The number of carbonyl (C=O) groups excluding carboxylic acids is 2. The van der Waals surface area contributed by atoms with Crippen molar-refractivity contribution in [2.45, 2.75) is 27.2 Å². The van der Waals surface area contributed by atoms with E-state index in [-0.39, 0.29) is 17.6 Å². The maximum absolute atomic E-state index is 10.7. The van der Waals surface area contributed by atoms with Crippen LogP contribution in [0, 0.1) is 11.8 Å². The molecule has 0 fully saturated rings. The van der Waals surface area contributed by atoms with E-state index in [0.29, 0.717) is 6.42 Å². The highest BCUT2D eigenvalue weighted by molar-refractivity contribution is 5.78. The van der Waals surface area contributed by atoms with E-state index >= 15 is 0 Å². The van der Waals surface area contributed by atoms with Crippen molar-refractivity contribution in [3.05, 3.63) is 0 Å². The summed E-state index contributed by atoms with van der Waals surface area (Å²) < 4.78 is 0. The molecule has 0 aromatic heterocycles. The van der Waals surface area contributed by atoms with Gasteiger partial charge in [-0.1, -0.05) is 13.8 Å². The average Bonchev–Trinajstić information content (AvgIpc) is 1.87. The van der Waals surface area contributed by atoms with Crippen LogP contribution < -0.4 is 0 Å². The summed E-state index contributed by atoms with van der Waals surface area (Å²) in [6, 6.07) is 0. The molecule has 0 aliphatic carbocycles. The summed E-state index contributed by atoms with van der Waals surface area (Å²) in [5.74, 6) is 0.202. The summed E-state index contributed by atoms with van der Waals surface area (Å²) in [6.45, 7) is 5.23. The maximum Gasteiger partial charge on any atom is 0.132 e. The molecule has 0 bridgehead atoms. The lowest BCUT2D eigenvalue weighted by molar-refractivity contribution is -0.121. The first-order chi connectivity index (χ1) is 4.57. The molecule has 2 nitrogen and oxygen atoms in total. The minimum absolute atomic E-state index is 0.0129. The van der Waals surface area contributed by atoms with Gasteiger partial charge in [-0.2, -0.15) is 0 Å². The summed E-state index contributed by atoms with van der Waals surface area (Å²) in [4.78, 5) is 20.8. The summed E-state index contributed by atoms with van der Waals surface area (Å²) in [5.41, 5.74) is 0. The quantitative estimate of drug-likeness (QED) is 0.556. The van der Waals surface area contributed by atoms with Crippen molar-refractivity contribution < 1.29 is 9.59 Å². The second kappa shape index (κ2) is 4.20. The van der Waals surface area contributed by atoms with E-state index in [1.807, 2.05) is 13.8 Å². The molecule has 58 valence electrons. The maximum atomic E-state index is 10.7. The van der Waals surface area contributed by atoms with Crippen LogP contribution in [-0.4, -0.2) is 12.1 Å². The molecule has 0 unspecified atom stereocenters. The molecule has 0 saturated heterocycles. The van der Waals surface area contributed by atoms with Crippen LogP contribution in [0.3, 0.4) is 0 Å². The molecule has 0 aliphatic rings. The number of rotatable bonds is 4. The number of aldehydes is 1. The number of hydrogen-bond donors (Lipinski definition) is 0. The van der Waals surface area contributed by atoms with Gasteiger partial charge in [-0.25, -0.2) is 0 Å².